The number of aromatic nitrogens is 14. The molecule has 2 aliphatic carbocycles. The van der Waals surface area contributed by atoms with Gasteiger partial charge in [0.2, 0.25) is 0 Å². The minimum absolute atomic E-state index is 0.144. The highest BCUT2D eigenvalue weighted by Gasteiger charge is 2.26. The third-order valence-electron chi connectivity index (χ3n) is 14.6. The topological polar surface area (TPSA) is 235 Å². The first-order chi connectivity index (χ1) is 36.9. The summed E-state index contributed by atoms with van der Waals surface area (Å²) in [7, 11) is 3.82. The molecule has 12 rings (SSSR count). The van der Waals surface area contributed by atoms with Crippen molar-refractivity contribution in [3.63, 3.8) is 0 Å². The molecule has 0 saturated heterocycles. The second-order valence-corrected chi connectivity index (χ2v) is 22.4. The van der Waals surface area contributed by atoms with Gasteiger partial charge in [0.1, 0.15) is 23.9 Å². The van der Waals surface area contributed by atoms with Crippen LogP contribution in [0.3, 0.4) is 0 Å². The summed E-state index contributed by atoms with van der Waals surface area (Å²) in [6.07, 6.45) is 26.7. The number of fused-ring (bicyclic) bond motifs is 4. The van der Waals surface area contributed by atoms with E-state index in [2.05, 4.69) is 120 Å². The van der Waals surface area contributed by atoms with Gasteiger partial charge in [0.15, 0.2) is 5.78 Å². The number of rotatable bonds is 8. The Balaban J connectivity index is 0.000000149. The number of nitrogens with one attached hydrogen (secondary N) is 2. The molecule has 0 radical (unpaired) electrons. The number of Topliss-reactive ketones (excluding diaryl/α,β-unsaturated/α-hetero) is 1. The molecule has 0 spiro atoms. The number of benzene rings is 2. The zero-order chi connectivity index (χ0) is 54.2. The van der Waals surface area contributed by atoms with Crippen molar-refractivity contribution in [2.75, 3.05) is 0 Å². The van der Waals surface area contributed by atoms with E-state index in [0.29, 0.717) is 12.0 Å². The van der Waals surface area contributed by atoms with Crippen LogP contribution in [-0.4, -0.2) is 85.9 Å². The van der Waals surface area contributed by atoms with Crippen molar-refractivity contribution in [2.45, 2.75) is 122 Å². The van der Waals surface area contributed by atoms with Crippen LogP contribution in [0.15, 0.2) is 111 Å². The van der Waals surface area contributed by atoms with Crippen molar-refractivity contribution >= 4 is 33.8 Å². The van der Waals surface area contributed by atoms with Gasteiger partial charge in [-0.1, -0.05) is 37.1 Å². The molecule has 77 heavy (non-hydrogen) atoms. The molecule has 0 saturated carbocycles. The molecule has 18 nitrogen and oxygen atoms in total. The molecule has 0 amide bonds. The number of hydrogen-bond donors (Lipinski definition) is 4. The Hall–Kier alpha value is -8.38. The second kappa shape index (κ2) is 21.3. The maximum Gasteiger partial charge on any atom is 0.338 e. The van der Waals surface area contributed by atoms with Crippen molar-refractivity contribution in [3.05, 3.63) is 144 Å². The number of aryl methyl sites for hydroxylation is 4. The molecular weight excluding hydrogens is 967 g/mol. The van der Waals surface area contributed by atoms with Crippen LogP contribution >= 0.6 is 0 Å². The molecule has 10 aromatic rings. The molecule has 0 fully saturated rings. The largest absolute Gasteiger partial charge is 0.478 e. The lowest BCUT2D eigenvalue weighted by molar-refractivity contribution is 0.0696. The fourth-order valence-corrected chi connectivity index (χ4v) is 10.4. The Bertz CT molecular complexity index is 3740. The fraction of sp³-hybridized carbons (Fsp3) is 0.356. The summed E-state index contributed by atoms with van der Waals surface area (Å²) in [5.74, 6) is -0.567. The van der Waals surface area contributed by atoms with Crippen LogP contribution in [0.4, 0.5) is 0 Å². The summed E-state index contributed by atoms with van der Waals surface area (Å²) >= 11 is 0. The highest BCUT2D eigenvalue weighted by Crippen LogP contribution is 2.38. The number of carbonyl (C=O) groups excluding carboxylic acids is 1. The van der Waals surface area contributed by atoms with Crippen LogP contribution in [0.1, 0.15) is 141 Å². The van der Waals surface area contributed by atoms with E-state index in [0.717, 1.165) is 106 Å². The van der Waals surface area contributed by atoms with E-state index in [1.54, 1.807) is 32.9 Å². The first kappa shape index (κ1) is 52.1. The van der Waals surface area contributed by atoms with E-state index in [4.69, 9.17) is 10.8 Å². The van der Waals surface area contributed by atoms with Gasteiger partial charge >= 0.3 is 5.97 Å². The van der Waals surface area contributed by atoms with Gasteiger partial charge in [-0.25, -0.2) is 24.7 Å². The third kappa shape index (κ3) is 11.4. The molecular formula is C59H67N15O3. The van der Waals surface area contributed by atoms with Gasteiger partial charge in [0.25, 0.3) is 0 Å². The first-order valence-electron chi connectivity index (χ1n) is 26.4. The number of carbonyl (C=O) groups is 2. The van der Waals surface area contributed by atoms with Crippen LogP contribution in [0.5, 0.6) is 0 Å². The summed E-state index contributed by atoms with van der Waals surface area (Å²) in [5, 5.41) is 27.5. The predicted octanol–water partition coefficient (Wildman–Crippen LogP) is 11.1. The number of ketones is 1. The van der Waals surface area contributed by atoms with Gasteiger partial charge in [0.05, 0.1) is 69.8 Å². The van der Waals surface area contributed by atoms with Crippen molar-refractivity contribution in [1.82, 2.24) is 69.0 Å². The number of hydrogen-bond acceptors (Lipinski definition) is 11. The lowest BCUT2D eigenvalue weighted by Gasteiger charge is -2.19. The van der Waals surface area contributed by atoms with Crippen LogP contribution in [0.25, 0.3) is 67.1 Å². The van der Waals surface area contributed by atoms with Gasteiger partial charge in [-0.15, -0.1) is 0 Å². The number of carboxylic acids is 1. The van der Waals surface area contributed by atoms with Crippen LogP contribution in [0.2, 0.25) is 0 Å². The zero-order valence-corrected chi connectivity index (χ0v) is 45.1. The number of aromatic carboxylic acids is 1. The minimum atomic E-state index is -0.939. The Kier molecular flexibility index (Phi) is 14.4. The average Bonchev–Trinajstić information content (AvgIpc) is 4.30. The van der Waals surface area contributed by atoms with E-state index in [1.165, 1.54) is 47.5 Å². The molecule has 396 valence electrons. The van der Waals surface area contributed by atoms with Gasteiger partial charge < -0.3 is 20.8 Å². The van der Waals surface area contributed by atoms with E-state index in [1.807, 2.05) is 70.5 Å². The van der Waals surface area contributed by atoms with Crippen LogP contribution < -0.4 is 5.73 Å². The van der Waals surface area contributed by atoms with Gasteiger partial charge in [-0.05, 0) is 133 Å². The first-order valence-corrected chi connectivity index (χ1v) is 26.4. The van der Waals surface area contributed by atoms with E-state index >= 15 is 0 Å². The zero-order valence-electron chi connectivity index (χ0n) is 45.1. The molecule has 8 aromatic heterocycles. The standard InChI is InChI=1S/C30H33N7O.C21H22N6.C8H12N2O2/c1-30(2,3)37-17-23(15-34-37)27(38)12-20-8-6-5-7-19-11-21(9-10-24(19)20)28-25-13-26(22-14-33-36(4)16-22)35-29(25)32-18-31-28;1-27-11-15(10-25-27)19-9-17-20(23-12-24-21(17)26-19)14-6-7-16-13(8-14)4-2-3-5-18(16)22;1-8(2,3)10-5-6(4-9-10)7(11)12/h9-11,13-18,20H,5-8,12H2,1-4H3,(H,31,32,35);6-12,18H,2-5,22H2,1H3,(H,23,24,26);4-5H,1-3H3,(H,11,12). The van der Waals surface area contributed by atoms with Crippen LogP contribution in [0, 0.1) is 0 Å². The van der Waals surface area contributed by atoms with Crippen molar-refractivity contribution in [3.8, 4) is 45.0 Å². The third-order valence-corrected chi connectivity index (χ3v) is 14.6. The lowest BCUT2D eigenvalue weighted by Crippen LogP contribution is -2.22. The van der Waals surface area contributed by atoms with Crippen LogP contribution in [-0.2, 0) is 38.0 Å². The second-order valence-electron chi connectivity index (χ2n) is 22.4. The van der Waals surface area contributed by atoms with Crippen molar-refractivity contribution in [1.29, 1.82) is 0 Å². The Morgan fingerprint density at radius 1 is 0.597 bits per heavy atom. The maximum atomic E-state index is 13.3. The summed E-state index contributed by atoms with van der Waals surface area (Å²) in [5.41, 5.74) is 21.9. The Morgan fingerprint density at radius 3 is 1.57 bits per heavy atom. The van der Waals surface area contributed by atoms with Crippen molar-refractivity contribution in [2.24, 2.45) is 19.8 Å². The maximum absolute atomic E-state index is 13.3. The minimum Gasteiger partial charge on any atom is -0.478 e. The van der Waals surface area contributed by atoms with Gasteiger partial charge in [-0.3, -0.25) is 23.5 Å². The molecule has 8 heterocycles. The SMILES string of the molecule is CC(C)(C)n1cc(C(=O)O)cn1.Cn1cc(-c2cc3c(-c4ccc5c(c4)CCCCC5CC(=O)c4cnn(C(C)(C)C)c4)ncnc3[nH]2)cn1.Cn1cc(-c2cc3c(-c4ccc5c(c4)CCCCC5N)ncnc3[nH]2)cn1. The molecule has 5 N–H and O–H groups in total. The van der Waals surface area contributed by atoms with Gasteiger partial charge in [0, 0.05) is 84.4 Å². The number of aromatic amines is 2. The molecule has 0 bridgehead atoms. The lowest BCUT2D eigenvalue weighted by atomic mass is 9.86. The molecule has 2 aliphatic rings. The highest BCUT2D eigenvalue weighted by molar-refractivity contribution is 5.97. The Labute approximate surface area is 447 Å². The molecule has 18 heteroatoms. The fourth-order valence-electron chi connectivity index (χ4n) is 10.4. The number of carboxylic acid groups (broad SMARTS) is 1. The highest BCUT2D eigenvalue weighted by atomic mass is 16.4. The normalized spacial score (nSPS) is 15.6. The number of nitrogens with zero attached hydrogens (tertiary/aromatic N) is 12. The summed E-state index contributed by atoms with van der Waals surface area (Å²) in [6.45, 7) is 12.2. The van der Waals surface area contributed by atoms with Gasteiger partial charge in [-0.2, -0.15) is 20.4 Å². The van der Waals surface area contributed by atoms with E-state index < -0.39 is 5.97 Å². The number of H-pyrrole nitrogens is 2. The molecule has 0 aliphatic heterocycles. The summed E-state index contributed by atoms with van der Waals surface area (Å²) in [6, 6.07) is 17.6. The quantitative estimate of drug-likeness (QED) is 0.0822. The molecule has 2 unspecified atom stereocenters. The summed E-state index contributed by atoms with van der Waals surface area (Å²) < 4.78 is 7.09. The Morgan fingerprint density at radius 2 is 1.09 bits per heavy atom. The molecule has 2 aromatic carbocycles. The number of nitrogens with two attached hydrogens (primary N) is 1. The summed E-state index contributed by atoms with van der Waals surface area (Å²) in [4.78, 5) is 48.7. The smallest absolute Gasteiger partial charge is 0.338 e. The monoisotopic (exact) mass is 1030 g/mol. The average molecular weight is 1030 g/mol. The van der Waals surface area contributed by atoms with E-state index in [9.17, 15) is 9.59 Å². The van der Waals surface area contributed by atoms with E-state index in [-0.39, 0.29) is 34.4 Å². The molecule has 2 atom stereocenters. The van der Waals surface area contributed by atoms with Crippen molar-refractivity contribution < 1.29 is 14.7 Å². The predicted molar refractivity (Wildman–Crippen MR) is 298 cm³/mol.